The molecule has 6 heteroatoms. The van der Waals surface area contributed by atoms with Gasteiger partial charge in [-0.15, -0.1) is 0 Å². The number of nitrogens with zero attached hydrogens (tertiary/aromatic N) is 3. The standard InChI is InChI=1S/C17H18ClN3O2/c18-13-6-4-12(5-7-13)10-15-19-11-14(17(22)23)16(20-15)21-8-2-1-3-9-21/h4-7,11H,1-3,8-10H2,(H,22,23). The third-order valence-electron chi connectivity index (χ3n) is 3.98. The lowest BCUT2D eigenvalue weighted by atomic mass is 10.1. The second-order valence-electron chi connectivity index (χ2n) is 5.68. The van der Waals surface area contributed by atoms with Gasteiger partial charge in [0.1, 0.15) is 17.2 Å². The summed E-state index contributed by atoms with van der Waals surface area (Å²) < 4.78 is 0. The van der Waals surface area contributed by atoms with Crippen molar-refractivity contribution >= 4 is 23.4 Å². The van der Waals surface area contributed by atoms with Crippen molar-refractivity contribution in [1.82, 2.24) is 9.97 Å². The van der Waals surface area contributed by atoms with E-state index in [1.807, 2.05) is 24.3 Å². The maximum absolute atomic E-state index is 11.5. The summed E-state index contributed by atoms with van der Waals surface area (Å²) in [6, 6.07) is 7.51. The number of aromatic nitrogens is 2. The first kappa shape index (κ1) is 15.7. The number of benzene rings is 1. The summed E-state index contributed by atoms with van der Waals surface area (Å²) in [7, 11) is 0. The molecular weight excluding hydrogens is 314 g/mol. The molecule has 1 aliphatic heterocycles. The van der Waals surface area contributed by atoms with Gasteiger partial charge in [0.25, 0.3) is 0 Å². The number of hydrogen-bond acceptors (Lipinski definition) is 4. The Kier molecular flexibility index (Phi) is 4.76. The second-order valence-corrected chi connectivity index (χ2v) is 6.12. The predicted molar refractivity (Wildman–Crippen MR) is 89.3 cm³/mol. The first-order chi connectivity index (χ1) is 11.1. The zero-order valence-corrected chi connectivity index (χ0v) is 13.5. The van der Waals surface area contributed by atoms with Gasteiger partial charge in [0.05, 0.1) is 0 Å². The van der Waals surface area contributed by atoms with Crippen LogP contribution in [-0.2, 0) is 6.42 Å². The Morgan fingerprint density at radius 2 is 1.87 bits per heavy atom. The summed E-state index contributed by atoms with van der Waals surface area (Å²) in [6.07, 6.45) is 5.29. The average Bonchev–Trinajstić information content (AvgIpc) is 2.57. The molecule has 1 aromatic heterocycles. The Morgan fingerprint density at radius 3 is 2.52 bits per heavy atom. The lowest BCUT2D eigenvalue weighted by Gasteiger charge is -2.28. The van der Waals surface area contributed by atoms with Crippen LogP contribution in [0.5, 0.6) is 0 Å². The molecular formula is C17H18ClN3O2. The van der Waals surface area contributed by atoms with Gasteiger partial charge in [-0.3, -0.25) is 0 Å². The maximum atomic E-state index is 11.5. The van der Waals surface area contributed by atoms with Crippen molar-refractivity contribution < 1.29 is 9.90 Å². The highest BCUT2D eigenvalue weighted by molar-refractivity contribution is 6.30. The van der Waals surface area contributed by atoms with Crippen LogP contribution >= 0.6 is 11.6 Å². The van der Waals surface area contributed by atoms with Gasteiger partial charge in [-0.25, -0.2) is 14.8 Å². The van der Waals surface area contributed by atoms with Gasteiger partial charge in [0, 0.05) is 30.7 Å². The Morgan fingerprint density at radius 1 is 1.17 bits per heavy atom. The normalized spacial score (nSPS) is 14.7. The molecule has 3 rings (SSSR count). The molecule has 1 aliphatic rings. The summed E-state index contributed by atoms with van der Waals surface area (Å²) in [5.41, 5.74) is 1.22. The monoisotopic (exact) mass is 331 g/mol. The number of rotatable bonds is 4. The molecule has 1 N–H and O–H groups in total. The van der Waals surface area contributed by atoms with E-state index in [1.165, 1.54) is 12.6 Å². The van der Waals surface area contributed by atoms with Gasteiger partial charge in [0.15, 0.2) is 0 Å². The minimum Gasteiger partial charge on any atom is -0.477 e. The first-order valence-electron chi connectivity index (χ1n) is 7.72. The molecule has 1 fully saturated rings. The number of carboxylic acids is 1. The molecule has 0 amide bonds. The molecule has 120 valence electrons. The maximum Gasteiger partial charge on any atom is 0.341 e. The zero-order valence-electron chi connectivity index (χ0n) is 12.7. The average molecular weight is 332 g/mol. The largest absolute Gasteiger partial charge is 0.477 e. The van der Waals surface area contributed by atoms with E-state index in [-0.39, 0.29) is 5.56 Å². The molecule has 0 saturated carbocycles. The van der Waals surface area contributed by atoms with Gasteiger partial charge in [-0.1, -0.05) is 23.7 Å². The SMILES string of the molecule is O=C(O)c1cnc(Cc2ccc(Cl)cc2)nc1N1CCCCC1. The van der Waals surface area contributed by atoms with Crippen molar-refractivity contribution in [3.05, 3.63) is 52.4 Å². The van der Waals surface area contributed by atoms with Crippen LogP contribution in [-0.4, -0.2) is 34.1 Å². The van der Waals surface area contributed by atoms with Gasteiger partial charge >= 0.3 is 5.97 Å². The van der Waals surface area contributed by atoms with E-state index in [4.69, 9.17) is 11.6 Å². The minimum atomic E-state index is -0.983. The van der Waals surface area contributed by atoms with Crippen LogP contribution in [0.4, 0.5) is 5.82 Å². The predicted octanol–water partition coefficient (Wildman–Crippen LogP) is 3.41. The van der Waals surface area contributed by atoms with E-state index >= 15 is 0 Å². The van der Waals surface area contributed by atoms with E-state index < -0.39 is 5.97 Å². The number of halogens is 1. The molecule has 0 unspecified atom stereocenters. The van der Waals surface area contributed by atoms with Crippen LogP contribution in [0, 0.1) is 0 Å². The third kappa shape index (κ3) is 3.79. The molecule has 1 saturated heterocycles. The molecule has 0 bridgehead atoms. The summed E-state index contributed by atoms with van der Waals surface area (Å²) in [5.74, 6) is 0.178. The smallest absolute Gasteiger partial charge is 0.341 e. The van der Waals surface area contributed by atoms with Crippen LogP contribution in [0.1, 0.15) is 41.0 Å². The Hall–Kier alpha value is -2.14. The van der Waals surface area contributed by atoms with Crippen molar-refractivity contribution in [2.75, 3.05) is 18.0 Å². The Balaban J connectivity index is 1.89. The molecule has 0 spiro atoms. The number of carboxylic acid groups (broad SMARTS) is 1. The van der Waals surface area contributed by atoms with Crippen molar-refractivity contribution in [3.63, 3.8) is 0 Å². The number of hydrogen-bond donors (Lipinski definition) is 1. The molecule has 2 aromatic rings. The first-order valence-corrected chi connectivity index (χ1v) is 8.10. The van der Waals surface area contributed by atoms with E-state index in [2.05, 4.69) is 14.9 Å². The summed E-state index contributed by atoms with van der Waals surface area (Å²) in [5, 5.41) is 10.1. The van der Waals surface area contributed by atoms with Gasteiger partial charge in [-0.05, 0) is 37.0 Å². The van der Waals surface area contributed by atoms with Crippen LogP contribution in [0.15, 0.2) is 30.5 Å². The molecule has 0 radical (unpaired) electrons. The van der Waals surface area contributed by atoms with Crippen LogP contribution in [0.2, 0.25) is 5.02 Å². The minimum absolute atomic E-state index is 0.173. The molecule has 5 nitrogen and oxygen atoms in total. The number of anilines is 1. The molecule has 1 aromatic carbocycles. The quantitative estimate of drug-likeness (QED) is 0.930. The number of piperidine rings is 1. The third-order valence-corrected chi connectivity index (χ3v) is 4.23. The van der Waals surface area contributed by atoms with Crippen molar-refractivity contribution in [1.29, 1.82) is 0 Å². The Labute approximate surface area is 139 Å². The van der Waals surface area contributed by atoms with Gasteiger partial charge in [-0.2, -0.15) is 0 Å². The molecule has 23 heavy (non-hydrogen) atoms. The summed E-state index contributed by atoms with van der Waals surface area (Å²) in [6.45, 7) is 1.69. The highest BCUT2D eigenvalue weighted by atomic mass is 35.5. The number of aromatic carboxylic acids is 1. The second kappa shape index (κ2) is 6.96. The lowest BCUT2D eigenvalue weighted by molar-refractivity contribution is 0.0696. The van der Waals surface area contributed by atoms with E-state index in [1.54, 1.807) is 0 Å². The lowest BCUT2D eigenvalue weighted by Crippen LogP contribution is -2.32. The van der Waals surface area contributed by atoms with Gasteiger partial charge < -0.3 is 10.0 Å². The molecule has 2 heterocycles. The van der Waals surface area contributed by atoms with Crippen LogP contribution in [0.3, 0.4) is 0 Å². The van der Waals surface area contributed by atoms with Crippen molar-refractivity contribution in [3.8, 4) is 0 Å². The van der Waals surface area contributed by atoms with E-state index in [9.17, 15) is 9.90 Å². The molecule has 0 atom stereocenters. The van der Waals surface area contributed by atoms with E-state index in [0.29, 0.717) is 23.1 Å². The summed E-state index contributed by atoms with van der Waals surface area (Å²) in [4.78, 5) is 22.3. The van der Waals surface area contributed by atoms with E-state index in [0.717, 1.165) is 31.5 Å². The fourth-order valence-electron chi connectivity index (χ4n) is 2.78. The Bertz CT molecular complexity index is 697. The van der Waals surface area contributed by atoms with Crippen LogP contribution < -0.4 is 4.90 Å². The molecule has 0 aliphatic carbocycles. The highest BCUT2D eigenvalue weighted by Gasteiger charge is 2.21. The summed E-state index contributed by atoms with van der Waals surface area (Å²) >= 11 is 5.89. The zero-order chi connectivity index (χ0) is 16.2. The van der Waals surface area contributed by atoms with Gasteiger partial charge in [0.2, 0.25) is 0 Å². The fraction of sp³-hybridized carbons (Fsp3) is 0.353. The number of carbonyl (C=O) groups is 1. The van der Waals surface area contributed by atoms with Crippen molar-refractivity contribution in [2.24, 2.45) is 0 Å². The fourth-order valence-corrected chi connectivity index (χ4v) is 2.90. The highest BCUT2D eigenvalue weighted by Crippen LogP contribution is 2.22. The van der Waals surface area contributed by atoms with Crippen molar-refractivity contribution in [2.45, 2.75) is 25.7 Å². The topological polar surface area (TPSA) is 66.3 Å². The van der Waals surface area contributed by atoms with Crippen LogP contribution in [0.25, 0.3) is 0 Å².